The Bertz CT molecular complexity index is 1860. The Balaban J connectivity index is 0.000000292. The summed E-state index contributed by atoms with van der Waals surface area (Å²) in [6.07, 6.45) is 0. The Labute approximate surface area is 286 Å². The molecule has 0 aliphatic heterocycles. The lowest BCUT2D eigenvalue weighted by Crippen LogP contribution is -2.20. The average Bonchev–Trinajstić information content (AvgIpc) is 3.12. The summed E-state index contributed by atoms with van der Waals surface area (Å²) >= 11 is 0. The van der Waals surface area contributed by atoms with Gasteiger partial charge in [0, 0.05) is 0 Å². The molecule has 0 aliphatic rings. The molecule has 14 heteroatoms. The molecule has 0 fully saturated rings. The van der Waals surface area contributed by atoms with Crippen LogP contribution in [0.1, 0.15) is 36.8 Å². The zero-order valence-electron chi connectivity index (χ0n) is 27.7. The molecule has 0 saturated heterocycles. The Morgan fingerprint density at radius 2 is 0.980 bits per heavy atom. The molecule has 264 valence electrons. The lowest BCUT2D eigenvalue weighted by Gasteiger charge is -2.13. The van der Waals surface area contributed by atoms with E-state index in [1.54, 1.807) is 74.5 Å². The maximum Gasteiger partial charge on any atom is 0.344 e. The number of esters is 4. The van der Waals surface area contributed by atoms with Gasteiger partial charge in [-0.2, -0.15) is 0 Å². The number of carboxylic acid groups (broad SMARTS) is 2. The molecule has 0 saturated carbocycles. The molecule has 0 aliphatic carbocycles. The molecule has 0 spiro atoms. The van der Waals surface area contributed by atoms with Crippen LogP contribution >= 0.6 is 0 Å². The lowest BCUT2D eigenvalue weighted by molar-refractivity contribution is -0.158. The van der Waals surface area contributed by atoms with Gasteiger partial charge in [0.05, 0.1) is 26.1 Å². The van der Waals surface area contributed by atoms with E-state index in [0.717, 1.165) is 32.7 Å². The van der Waals surface area contributed by atoms with Gasteiger partial charge in [0.1, 0.15) is 11.5 Å². The van der Waals surface area contributed by atoms with Crippen molar-refractivity contribution in [2.24, 2.45) is 0 Å². The summed E-state index contributed by atoms with van der Waals surface area (Å²) in [6, 6.07) is 21.1. The molecule has 2 unspecified atom stereocenters. The van der Waals surface area contributed by atoms with Crippen LogP contribution in [-0.4, -0.2) is 86.7 Å². The number of hydrogen-bond acceptors (Lipinski definition) is 12. The van der Waals surface area contributed by atoms with Crippen molar-refractivity contribution in [3.63, 3.8) is 0 Å². The number of aliphatic carboxylic acids is 2. The zero-order valence-corrected chi connectivity index (χ0v) is 27.7. The van der Waals surface area contributed by atoms with E-state index in [1.807, 2.05) is 12.1 Å². The highest BCUT2D eigenvalue weighted by Gasteiger charge is 2.19. The van der Waals surface area contributed by atoms with Gasteiger partial charge in [0.15, 0.2) is 26.4 Å². The Morgan fingerprint density at radius 1 is 0.540 bits per heavy atom. The third-order valence-corrected chi connectivity index (χ3v) is 7.25. The van der Waals surface area contributed by atoms with E-state index in [2.05, 4.69) is 9.47 Å². The Kier molecular flexibility index (Phi) is 14.1. The van der Waals surface area contributed by atoms with Crippen molar-refractivity contribution in [1.82, 2.24) is 0 Å². The van der Waals surface area contributed by atoms with Crippen LogP contribution in [0.25, 0.3) is 21.5 Å². The van der Waals surface area contributed by atoms with Crippen molar-refractivity contribution in [2.75, 3.05) is 40.6 Å². The van der Waals surface area contributed by atoms with Crippen molar-refractivity contribution in [1.29, 1.82) is 0 Å². The van der Waals surface area contributed by atoms with Crippen LogP contribution in [-0.2, 0) is 47.7 Å². The minimum absolute atomic E-state index is 0.357. The van der Waals surface area contributed by atoms with Gasteiger partial charge in [-0.3, -0.25) is 9.59 Å². The van der Waals surface area contributed by atoms with Crippen molar-refractivity contribution >= 4 is 57.4 Å². The third-order valence-electron chi connectivity index (χ3n) is 7.25. The number of ether oxygens (including phenoxy) is 6. The van der Waals surface area contributed by atoms with Crippen molar-refractivity contribution < 1.29 is 67.4 Å². The third kappa shape index (κ3) is 11.5. The van der Waals surface area contributed by atoms with Crippen molar-refractivity contribution in [3.8, 4) is 11.5 Å². The largest absolute Gasteiger partial charge is 0.482 e. The van der Waals surface area contributed by atoms with Gasteiger partial charge in [0.25, 0.3) is 0 Å². The number of carbonyl (C=O) groups excluding carboxylic acids is 4. The lowest BCUT2D eigenvalue weighted by atomic mass is 9.98. The number of methoxy groups -OCH3 is 2. The van der Waals surface area contributed by atoms with Gasteiger partial charge in [0.2, 0.25) is 0 Å². The minimum Gasteiger partial charge on any atom is -0.482 e. The molecule has 14 nitrogen and oxygen atoms in total. The number of fused-ring (bicyclic) bond motifs is 2. The number of carbonyl (C=O) groups is 6. The van der Waals surface area contributed by atoms with Gasteiger partial charge in [-0.05, 0) is 70.8 Å². The Hall–Kier alpha value is -6.18. The summed E-state index contributed by atoms with van der Waals surface area (Å²) in [5.41, 5.74) is 1.45. The average molecular weight is 693 g/mol. The van der Waals surface area contributed by atoms with Gasteiger partial charge in [-0.15, -0.1) is 0 Å². The van der Waals surface area contributed by atoms with Crippen LogP contribution in [0.5, 0.6) is 11.5 Å². The van der Waals surface area contributed by atoms with Gasteiger partial charge >= 0.3 is 35.8 Å². The molecule has 0 radical (unpaired) electrons. The van der Waals surface area contributed by atoms with Crippen LogP contribution in [0.2, 0.25) is 0 Å². The molecule has 4 aromatic carbocycles. The van der Waals surface area contributed by atoms with Crippen molar-refractivity contribution in [2.45, 2.75) is 25.7 Å². The molecule has 0 amide bonds. The standard InChI is InChI=1S/C21H22O9.C15H14O5/c1-13(21(25)30-11-19(23)27-3)14-4-5-16-9-17(7-6-15(16)8-14)28-12-20(24)29-10-18(22)26-2;1-9(15(18)19)10-2-3-12-7-13(20-8-14(16)17)5-4-11(12)6-10/h4-9,13H,10-12H2,1-3H3;2-7,9H,8H2,1H3,(H,16,17)(H,18,19). The number of hydrogen-bond donors (Lipinski definition) is 2. The maximum atomic E-state index is 12.1. The first-order valence-electron chi connectivity index (χ1n) is 15.0. The number of benzene rings is 4. The zero-order chi connectivity index (χ0) is 36.8. The second-order valence-corrected chi connectivity index (χ2v) is 10.7. The SMILES string of the molecule is CC(C(=O)O)c1ccc2cc(OCC(=O)O)ccc2c1.COC(=O)COC(=O)COc1ccc2cc(C(C)C(=O)OCC(=O)OC)ccc2c1. The van der Waals surface area contributed by atoms with Crippen LogP contribution < -0.4 is 9.47 Å². The van der Waals surface area contributed by atoms with E-state index in [-0.39, 0.29) is 13.2 Å². The van der Waals surface area contributed by atoms with Crippen molar-refractivity contribution in [3.05, 3.63) is 83.9 Å². The van der Waals surface area contributed by atoms with E-state index in [4.69, 9.17) is 29.2 Å². The molecule has 4 aromatic rings. The first-order chi connectivity index (χ1) is 23.8. The molecule has 4 rings (SSSR count). The number of rotatable bonds is 14. The van der Waals surface area contributed by atoms with Crippen LogP contribution in [0, 0.1) is 0 Å². The van der Waals surface area contributed by atoms with E-state index in [1.165, 1.54) is 14.2 Å². The quantitative estimate of drug-likeness (QED) is 0.140. The fourth-order valence-electron chi connectivity index (χ4n) is 4.32. The topological polar surface area (TPSA) is 198 Å². The minimum atomic E-state index is -1.03. The summed E-state index contributed by atoms with van der Waals surface area (Å²) < 4.78 is 28.9. The Morgan fingerprint density at radius 3 is 1.46 bits per heavy atom. The number of carboxylic acids is 2. The maximum absolute atomic E-state index is 12.1. The summed E-state index contributed by atoms with van der Waals surface area (Å²) in [5, 5.41) is 21.0. The van der Waals surface area contributed by atoms with E-state index in [0.29, 0.717) is 11.5 Å². The molecule has 2 atom stereocenters. The summed E-state index contributed by atoms with van der Waals surface area (Å²) in [5.74, 6) is -4.65. The predicted molar refractivity (Wildman–Crippen MR) is 177 cm³/mol. The van der Waals surface area contributed by atoms with Gasteiger partial charge in [-0.25, -0.2) is 19.2 Å². The first-order valence-corrected chi connectivity index (χ1v) is 15.0. The van der Waals surface area contributed by atoms with Crippen LogP contribution in [0.3, 0.4) is 0 Å². The van der Waals surface area contributed by atoms with Crippen LogP contribution in [0.15, 0.2) is 72.8 Å². The second kappa shape index (κ2) is 18.4. The highest BCUT2D eigenvalue weighted by Crippen LogP contribution is 2.27. The van der Waals surface area contributed by atoms with E-state index >= 15 is 0 Å². The van der Waals surface area contributed by atoms with Crippen LogP contribution in [0.4, 0.5) is 0 Å². The van der Waals surface area contributed by atoms with Gasteiger partial charge < -0.3 is 38.6 Å². The fraction of sp³-hybridized carbons (Fsp3) is 0.278. The molecular formula is C36H36O14. The molecule has 50 heavy (non-hydrogen) atoms. The summed E-state index contributed by atoms with van der Waals surface area (Å²) in [7, 11) is 2.41. The molecule has 0 heterocycles. The monoisotopic (exact) mass is 692 g/mol. The fourth-order valence-corrected chi connectivity index (χ4v) is 4.32. The second-order valence-electron chi connectivity index (χ2n) is 10.7. The normalized spacial score (nSPS) is 11.6. The van der Waals surface area contributed by atoms with E-state index < -0.39 is 60.9 Å². The molecule has 2 N–H and O–H groups in total. The summed E-state index contributed by atoms with van der Waals surface area (Å²) in [4.78, 5) is 67.1. The van der Waals surface area contributed by atoms with Gasteiger partial charge in [-0.1, -0.05) is 48.5 Å². The molecule has 0 bridgehead atoms. The smallest absolute Gasteiger partial charge is 0.344 e. The molecular weight excluding hydrogens is 656 g/mol. The predicted octanol–water partition coefficient (Wildman–Crippen LogP) is 4.25. The first kappa shape index (κ1) is 38.3. The summed E-state index contributed by atoms with van der Waals surface area (Å²) in [6.45, 7) is 1.66. The van der Waals surface area contributed by atoms with E-state index in [9.17, 15) is 28.8 Å². The highest BCUT2D eigenvalue weighted by atomic mass is 16.6. The molecule has 0 aromatic heterocycles. The highest BCUT2D eigenvalue weighted by molar-refractivity contribution is 5.88.